The summed E-state index contributed by atoms with van der Waals surface area (Å²) in [5, 5.41) is 7.66. The number of aryl methyl sites for hydroxylation is 1. The van der Waals surface area contributed by atoms with Crippen molar-refractivity contribution < 1.29 is 17.9 Å². The lowest BCUT2D eigenvalue weighted by molar-refractivity contribution is -0.116. The molecule has 1 amide bonds. The van der Waals surface area contributed by atoms with E-state index in [9.17, 15) is 13.2 Å². The Kier molecular flexibility index (Phi) is 5.36. The molecular formula is C16H18N2O4S. The molecule has 0 aliphatic heterocycles. The van der Waals surface area contributed by atoms with Gasteiger partial charge in [-0.15, -0.1) is 0 Å². The van der Waals surface area contributed by atoms with Gasteiger partial charge >= 0.3 is 0 Å². The lowest BCUT2D eigenvalue weighted by Gasteiger charge is -2.08. The van der Waals surface area contributed by atoms with E-state index in [1.54, 1.807) is 6.07 Å². The first kappa shape index (κ1) is 17.0. The van der Waals surface area contributed by atoms with Crippen LogP contribution in [0.5, 0.6) is 5.75 Å². The molecule has 2 rings (SSSR count). The highest BCUT2D eigenvalue weighted by Gasteiger charge is 2.09. The van der Waals surface area contributed by atoms with E-state index in [1.165, 1.54) is 18.2 Å². The van der Waals surface area contributed by atoms with Crippen LogP contribution in [0, 0.1) is 6.92 Å². The second-order valence-corrected chi connectivity index (χ2v) is 6.59. The van der Waals surface area contributed by atoms with Gasteiger partial charge in [-0.2, -0.15) is 0 Å². The number of sulfonamides is 1. The van der Waals surface area contributed by atoms with Crippen LogP contribution < -0.4 is 15.2 Å². The number of hydrogen-bond donors (Lipinski definition) is 2. The van der Waals surface area contributed by atoms with E-state index in [2.05, 4.69) is 5.32 Å². The van der Waals surface area contributed by atoms with Gasteiger partial charge in [0.1, 0.15) is 5.75 Å². The van der Waals surface area contributed by atoms with E-state index in [1.807, 2.05) is 31.2 Å². The molecule has 0 aliphatic carbocycles. The van der Waals surface area contributed by atoms with Crippen molar-refractivity contribution >= 4 is 21.6 Å². The molecule has 0 heterocycles. The van der Waals surface area contributed by atoms with Crippen molar-refractivity contribution in [2.45, 2.75) is 18.2 Å². The number of primary sulfonamides is 1. The van der Waals surface area contributed by atoms with E-state index in [0.29, 0.717) is 11.4 Å². The van der Waals surface area contributed by atoms with Crippen LogP contribution in [0.4, 0.5) is 5.69 Å². The Hall–Kier alpha value is -2.38. The molecule has 23 heavy (non-hydrogen) atoms. The highest BCUT2D eigenvalue weighted by molar-refractivity contribution is 7.89. The Morgan fingerprint density at radius 2 is 1.87 bits per heavy atom. The number of carbonyl (C=O) groups is 1. The minimum absolute atomic E-state index is 0.0498. The standard InChI is InChI=1S/C16H18N2O4S/c1-12-5-7-14(8-6-12)22-10-9-16(19)18-13-3-2-4-15(11-13)23(17,20)21/h2-8,11H,9-10H2,1H3,(H,18,19)(H2,17,20,21). The molecule has 0 bridgehead atoms. The number of carbonyl (C=O) groups excluding carboxylic acids is 1. The first-order valence-electron chi connectivity index (χ1n) is 6.97. The van der Waals surface area contributed by atoms with Gasteiger partial charge in [-0.25, -0.2) is 13.6 Å². The van der Waals surface area contributed by atoms with Crippen molar-refractivity contribution in [1.29, 1.82) is 0 Å². The van der Waals surface area contributed by atoms with Crippen molar-refractivity contribution in [2.75, 3.05) is 11.9 Å². The summed E-state index contributed by atoms with van der Waals surface area (Å²) in [5.74, 6) is 0.420. The zero-order valence-corrected chi connectivity index (χ0v) is 13.5. The molecule has 2 aromatic rings. The number of hydrogen-bond acceptors (Lipinski definition) is 4. The number of rotatable bonds is 6. The van der Waals surface area contributed by atoms with E-state index in [-0.39, 0.29) is 23.8 Å². The Morgan fingerprint density at radius 1 is 1.17 bits per heavy atom. The molecule has 0 saturated carbocycles. The Balaban J connectivity index is 1.86. The van der Waals surface area contributed by atoms with Crippen molar-refractivity contribution in [3.05, 3.63) is 54.1 Å². The minimum Gasteiger partial charge on any atom is -0.493 e. The SMILES string of the molecule is Cc1ccc(OCCC(=O)Nc2cccc(S(N)(=O)=O)c2)cc1. The molecule has 122 valence electrons. The van der Waals surface area contributed by atoms with Gasteiger partial charge < -0.3 is 10.1 Å². The molecule has 2 aromatic carbocycles. The first-order chi connectivity index (χ1) is 10.8. The van der Waals surface area contributed by atoms with Gasteiger partial charge in [-0.1, -0.05) is 23.8 Å². The van der Waals surface area contributed by atoms with Crippen LogP contribution in [-0.2, 0) is 14.8 Å². The largest absolute Gasteiger partial charge is 0.493 e. The maximum atomic E-state index is 11.8. The Morgan fingerprint density at radius 3 is 2.52 bits per heavy atom. The number of nitrogens with one attached hydrogen (secondary N) is 1. The van der Waals surface area contributed by atoms with Crippen LogP contribution in [0.2, 0.25) is 0 Å². The summed E-state index contributed by atoms with van der Waals surface area (Å²) >= 11 is 0. The predicted octanol–water partition coefficient (Wildman–Crippen LogP) is 2.05. The lowest BCUT2D eigenvalue weighted by Crippen LogP contribution is -2.16. The van der Waals surface area contributed by atoms with Crippen LogP contribution in [-0.4, -0.2) is 20.9 Å². The zero-order chi connectivity index (χ0) is 16.9. The average Bonchev–Trinajstić information content (AvgIpc) is 2.49. The molecule has 0 unspecified atom stereocenters. The third kappa shape index (κ3) is 5.39. The Bertz CT molecular complexity index is 786. The number of amides is 1. The quantitative estimate of drug-likeness (QED) is 0.844. The fourth-order valence-electron chi connectivity index (χ4n) is 1.87. The van der Waals surface area contributed by atoms with E-state index in [0.717, 1.165) is 5.56 Å². The van der Waals surface area contributed by atoms with Gasteiger partial charge in [0, 0.05) is 5.69 Å². The van der Waals surface area contributed by atoms with Crippen LogP contribution in [0.15, 0.2) is 53.4 Å². The minimum atomic E-state index is -3.79. The summed E-state index contributed by atoms with van der Waals surface area (Å²) < 4.78 is 28.0. The molecule has 7 heteroatoms. The van der Waals surface area contributed by atoms with Gasteiger partial charge in [-0.05, 0) is 37.3 Å². The van der Waals surface area contributed by atoms with Gasteiger partial charge in [0.05, 0.1) is 17.9 Å². The number of anilines is 1. The molecule has 0 aliphatic rings. The maximum absolute atomic E-state index is 11.8. The van der Waals surface area contributed by atoms with Crippen molar-refractivity contribution in [3.8, 4) is 5.75 Å². The first-order valence-corrected chi connectivity index (χ1v) is 8.51. The highest BCUT2D eigenvalue weighted by atomic mass is 32.2. The average molecular weight is 334 g/mol. The van der Waals surface area contributed by atoms with E-state index >= 15 is 0 Å². The molecule has 0 aromatic heterocycles. The maximum Gasteiger partial charge on any atom is 0.238 e. The monoisotopic (exact) mass is 334 g/mol. The van der Waals surface area contributed by atoms with Crippen LogP contribution in [0.3, 0.4) is 0 Å². The van der Waals surface area contributed by atoms with Crippen LogP contribution in [0.25, 0.3) is 0 Å². The van der Waals surface area contributed by atoms with Crippen LogP contribution >= 0.6 is 0 Å². The fraction of sp³-hybridized carbons (Fsp3) is 0.188. The smallest absolute Gasteiger partial charge is 0.238 e. The fourth-order valence-corrected chi connectivity index (χ4v) is 2.43. The van der Waals surface area contributed by atoms with Gasteiger partial charge in [0.15, 0.2) is 0 Å². The van der Waals surface area contributed by atoms with E-state index in [4.69, 9.17) is 9.88 Å². The molecule has 0 fully saturated rings. The molecule has 0 radical (unpaired) electrons. The zero-order valence-electron chi connectivity index (χ0n) is 12.7. The number of benzene rings is 2. The van der Waals surface area contributed by atoms with Crippen molar-refractivity contribution in [1.82, 2.24) is 0 Å². The van der Waals surface area contributed by atoms with Gasteiger partial charge in [0.2, 0.25) is 15.9 Å². The topological polar surface area (TPSA) is 98.5 Å². The molecule has 3 N–H and O–H groups in total. The predicted molar refractivity (Wildman–Crippen MR) is 87.7 cm³/mol. The van der Waals surface area contributed by atoms with Gasteiger partial charge in [-0.3, -0.25) is 4.79 Å². The molecular weight excluding hydrogens is 316 g/mol. The molecule has 6 nitrogen and oxygen atoms in total. The normalized spacial score (nSPS) is 11.0. The molecule has 0 spiro atoms. The third-order valence-electron chi connectivity index (χ3n) is 3.07. The molecule has 0 atom stereocenters. The summed E-state index contributed by atoms with van der Waals surface area (Å²) in [5.41, 5.74) is 1.50. The van der Waals surface area contributed by atoms with Crippen molar-refractivity contribution in [2.24, 2.45) is 5.14 Å². The highest BCUT2D eigenvalue weighted by Crippen LogP contribution is 2.15. The van der Waals surface area contributed by atoms with Crippen LogP contribution in [0.1, 0.15) is 12.0 Å². The van der Waals surface area contributed by atoms with Crippen molar-refractivity contribution in [3.63, 3.8) is 0 Å². The summed E-state index contributed by atoms with van der Waals surface area (Å²) in [6.07, 6.45) is 0.146. The Labute approximate surface area is 135 Å². The summed E-state index contributed by atoms with van der Waals surface area (Å²) in [6, 6.07) is 13.3. The second-order valence-electron chi connectivity index (χ2n) is 5.03. The van der Waals surface area contributed by atoms with Gasteiger partial charge in [0.25, 0.3) is 0 Å². The summed E-state index contributed by atoms with van der Waals surface area (Å²) in [6.45, 7) is 2.21. The lowest BCUT2D eigenvalue weighted by atomic mass is 10.2. The summed E-state index contributed by atoms with van der Waals surface area (Å²) in [7, 11) is -3.79. The number of nitrogens with two attached hydrogens (primary N) is 1. The number of ether oxygens (including phenoxy) is 1. The molecule has 0 saturated heterocycles. The summed E-state index contributed by atoms with van der Waals surface area (Å²) in [4.78, 5) is 11.8. The van der Waals surface area contributed by atoms with E-state index < -0.39 is 10.0 Å². The third-order valence-corrected chi connectivity index (χ3v) is 3.98. The second kappa shape index (κ2) is 7.26.